The largest absolute Gasteiger partial charge is 0.0622 e. The van der Waals surface area contributed by atoms with E-state index in [4.69, 9.17) is 0 Å². The van der Waals surface area contributed by atoms with Crippen LogP contribution in [0.5, 0.6) is 0 Å². The SMILES string of the molecule is C/C(=C/c1ccccc1)c1cccc2c1-c1ccccc1C2. The fraction of sp³-hybridized carbons (Fsp3) is 0.0909. The molecule has 1 aliphatic carbocycles. The molecule has 0 amide bonds. The van der Waals surface area contributed by atoms with Gasteiger partial charge in [-0.1, -0.05) is 78.9 Å². The molecule has 0 bridgehead atoms. The number of fused-ring (bicyclic) bond motifs is 3. The quantitative estimate of drug-likeness (QED) is 0.406. The number of allylic oxidation sites excluding steroid dienone is 1. The molecule has 0 spiro atoms. The second-order valence-corrected chi connectivity index (χ2v) is 5.91. The highest BCUT2D eigenvalue weighted by atomic mass is 14.2. The Labute approximate surface area is 131 Å². The lowest BCUT2D eigenvalue weighted by atomic mass is 9.94. The normalized spacial score (nSPS) is 12.9. The first-order valence-corrected chi connectivity index (χ1v) is 7.77. The van der Waals surface area contributed by atoms with Crippen LogP contribution in [0.3, 0.4) is 0 Å². The maximum atomic E-state index is 2.27. The topological polar surface area (TPSA) is 0 Å². The van der Waals surface area contributed by atoms with Crippen LogP contribution in [-0.4, -0.2) is 0 Å². The van der Waals surface area contributed by atoms with Gasteiger partial charge in [0, 0.05) is 0 Å². The minimum absolute atomic E-state index is 1.05. The predicted molar refractivity (Wildman–Crippen MR) is 94.7 cm³/mol. The third-order valence-corrected chi connectivity index (χ3v) is 4.43. The molecule has 1 aliphatic rings. The van der Waals surface area contributed by atoms with Crippen molar-refractivity contribution in [1.82, 2.24) is 0 Å². The van der Waals surface area contributed by atoms with Crippen LogP contribution in [0.2, 0.25) is 0 Å². The van der Waals surface area contributed by atoms with Crippen molar-refractivity contribution in [3.63, 3.8) is 0 Å². The fourth-order valence-corrected chi connectivity index (χ4v) is 3.39. The average Bonchev–Trinajstić information content (AvgIpc) is 2.94. The first-order valence-electron chi connectivity index (χ1n) is 7.77. The minimum Gasteiger partial charge on any atom is -0.0622 e. The first-order chi connectivity index (χ1) is 10.8. The van der Waals surface area contributed by atoms with Gasteiger partial charge in [0.2, 0.25) is 0 Å². The highest BCUT2D eigenvalue weighted by Crippen LogP contribution is 2.41. The Morgan fingerprint density at radius 3 is 2.36 bits per heavy atom. The van der Waals surface area contributed by atoms with E-state index in [-0.39, 0.29) is 0 Å². The highest BCUT2D eigenvalue weighted by molar-refractivity contribution is 5.92. The zero-order valence-corrected chi connectivity index (χ0v) is 12.7. The summed E-state index contributed by atoms with van der Waals surface area (Å²) in [5, 5.41) is 0. The van der Waals surface area contributed by atoms with Crippen LogP contribution < -0.4 is 0 Å². The maximum absolute atomic E-state index is 2.27. The van der Waals surface area contributed by atoms with Gasteiger partial charge < -0.3 is 0 Å². The molecular formula is C22H18. The molecule has 0 fully saturated rings. The molecule has 0 heterocycles. The molecule has 0 radical (unpaired) electrons. The van der Waals surface area contributed by atoms with Crippen molar-refractivity contribution in [2.45, 2.75) is 13.3 Å². The van der Waals surface area contributed by atoms with Crippen LogP contribution in [0, 0.1) is 0 Å². The van der Waals surface area contributed by atoms with E-state index in [2.05, 4.69) is 85.8 Å². The van der Waals surface area contributed by atoms with Gasteiger partial charge in [-0.25, -0.2) is 0 Å². The van der Waals surface area contributed by atoms with Gasteiger partial charge in [-0.15, -0.1) is 0 Å². The summed E-state index contributed by atoms with van der Waals surface area (Å²) in [6.07, 6.45) is 3.33. The summed E-state index contributed by atoms with van der Waals surface area (Å²) in [4.78, 5) is 0. The van der Waals surface area contributed by atoms with Gasteiger partial charge in [-0.2, -0.15) is 0 Å². The first kappa shape index (κ1) is 13.1. The van der Waals surface area contributed by atoms with Crippen molar-refractivity contribution in [2.24, 2.45) is 0 Å². The third kappa shape index (κ3) is 2.17. The van der Waals surface area contributed by atoms with Crippen molar-refractivity contribution in [3.05, 3.63) is 95.1 Å². The molecule has 0 saturated carbocycles. The lowest BCUT2D eigenvalue weighted by Crippen LogP contribution is -1.88. The standard InChI is InChI=1S/C22H18/c1-16(14-17-8-3-2-4-9-17)20-13-7-11-19-15-18-10-5-6-12-21(18)22(19)20/h2-14H,15H2,1H3/b16-14-. The van der Waals surface area contributed by atoms with Gasteiger partial charge in [0.1, 0.15) is 0 Å². The molecule has 0 saturated heterocycles. The molecule has 0 atom stereocenters. The highest BCUT2D eigenvalue weighted by Gasteiger charge is 2.20. The number of rotatable bonds is 2. The Hall–Kier alpha value is -2.60. The molecule has 22 heavy (non-hydrogen) atoms. The summed E-state index contributed by atoms with van der Waals surface area (Å²) < 4.78 is 0. The lowest BCUT2D eigenvalue weighted by molar-refractivity contribution is 1.26. The Balaban J connectivity index is 1.86. The van der Waals surface area contributed by atoms with Crippen molar-refractivity contribution in [3.8, 4) is 11.1 Å². The molecule has 3 aromatic carbocycles. The van der Waals surface area contributed by atoms with Crippen LogP contribution in [0.15, 0.2) is 72.8 Å². The Morgan fingerprint density at radius 1 is 0.773 bits per heavy atom. The van der Waals surface area contributed by atoms with Gasteiger partial charge in [-0.3, -0.25) is 0 Å². The second-order valence-electron chi connectivity index (χ2n) is 5.91. The van der Waals surface area contributed by atoms with E-state index >= 15 is 0 Å². The van der Waals surface area contributed by atoms with E-state index in [0.717, 1.165) is 6.42 Å². The molecule has 0 aliphatic heterocycles. The fourth-order valence-electron chi connectivity index (χ4n) is 3.39. The molecular weight excluding hydrogens is 264 g/mol. The van der Waals surface area contributed by atoms with Crippen molar-refractivity contribution in [1.29, 1.82) is 0 Å². The van der Waals surface area contributed by atoms with Crippen LogP contribution in [-0.2, 0) is 6.42 Å². The monoisotopic (exact) mass is 282 g/mol. The summed E-state index contributed by atoms with van der Waals surface area (Å²) in [5.74, 6) is 0. The molecule has 0 heteroatoms. The third-order valence-electron chi connectivity index (χ3n) is 4.43. The summed E-state index contributed by atoms with van der Waals surface area (Å²) in [5.41, 5.74) is 9.63. The van der Waals surface area contributed by atoms with Gasteiger partial charge >= 0.3 is 0 Å². The summed E-state index contributed by atoms with van der Waals surface area (Å²) in [6.45, 7) is 2.21. The zero-order valence-electron chi connectivity index (χ0n) is 12.7. The maximum Gasteiger partial charge on any atom is -0.00132 e. The molecule has 3 aromatic rings. The van der Waals surface area contributed by atoms with Crippen molar-refractivity contribution >= 4 is 11.6 Å². The van der Waals surface area contributed by atoms with E-state index in [1.807, 2.05) is 0 Å². The smallest absolute Gasteiger partial charge is 0.00132 e. The summed E-state index contributed by atoms with van der Waals surface area (Å²) in [6, 6.07) is 26.0. The Kier molecular flexibility index (Phi) is 3.16. The van der Waals surface area contributed by atoms with Crippen LogP contribution in [0.1, 0.15) is 29.2 Å². The molecule has 0 aromatic heterocycles. The molecule has 106 valence electrons. The second kappa shape index (κ2) is 5.31. The summed E-state index contributed by atoms with van der Waals surface area (Å²) in [7, 11) is 0. The van der Waals surface area contributed by atoms with Gasteiger partial charge in [0.25, 0.3) is 0 Å². The van der Waals surface area contributed by atoms with Crippen LogP contribution >= 0.6 is 0 Å². The lowest BCUT2D eigenvalue weighted by Gasteiger charge is -2.10. The molecule has 0 N–H and O–H groups in total. The zero-order chi connectivity index (χ0) is 14.9. The van der Waals surface area contributed by atoms with E-state index in [1.54, 1.807) is 0 Å². The number of benzene rings is 3. The van der Waals surface area contributed by atoms with E-state index in [9.17, 15) is 0 Å². The van der Waals surface area contributed by atoms with Gasteiger partial charge in [0.15, 0.2) is 0 Å². The minimum atomic E-state index is 1.05. The Bertz CT molecular complexity index is 854. The van der Waals surface area contributed by atoms with Gasteiger partial charge in [0.05, 0.1) is 0 Å². The van der Waals surface area contributed by atoms with Crippen LogP contribution in [0.4, 0.5) is 0 Å². The van der Waals surface area contributed by atoms with Gasteiger partial charge in [-0.05, 0) is 52.3 Å². The Morgan fingerprint density at radius 2 is 1.50 bits per heavy atom. The van der Waals surface area contributed by atoms with E-state index in [0.29, 0.717) is 0 Å². The van der Waals surface area contributed by atoms with E-state index < -0.39 is 0 Å². The van der Waals surface area contributed by atoms with Crippen LogP contribution in [0.25, 0.3) is 22.8 Å². The van der Waals surface area contributed by atoms with Crippen molar-refractivity contribution < 1.29 is 0 Å². The average molecular weight is 282 g/mol. The van der Waals surface area contributed by atoms with E-state index in [1.165, 1.54) is 39.0 Å². The summed E-state index contributed by atoms with van der Waals surface area (Å²) >= 11 is 0. The predicted octanol–water partition coefficient (Wildman–Crippen LogP) is 5.82. The number of hydrogen-bond donors (Lipinski definition) is 0. The molecule has 4 rings (SSSR count). The van der Waals surface area contributed by atoms with Crippen molar-refractivity contribution in [2.75, 3.05) is 0 Å². The number of hydrogen-bond acceptors (Lipinski definition) is 0. The molecule has 0 nitrogen and oxygen atoms in total. The molecule has 0 unspecified atom stereocenters.